The molecule has 0 unspecified atom stereocenters. The predicted molar refractivity (Wildman–Crippen MR) is 82.8 cm³/mol. The van der Waals surface area contributed by atoms with E-state index in [1.54, 1.807) is 26.8 Å². The number of carbonyl (C=O) groups is 2. The average molecular weight is 323 g/mol. The number of carboxylic acid groups (broad SMARTS) is 1. The molecule has 2 N–H and O–H groups in total. The van der Waals surface area contributed by atoms with Gasteiger partial charge in [-0.2, -0.15) is 0 Å². The first kappa shape index (κ1) is 17.4. The first-order valence-corrected chi connectivity index (χ1v) is 7.59. The van der Waals surface area contributed by atoms with Crippen LogP contribution in [0.5, 0.6) is 0 Å². The van der Waals surface area contributed by atoms with Crippen molar-refractivity contribution in [2.45, 2.75) is 45.8 Å². The van der Waals surface area contributed by atoms with Gasteiger partial charge < -0.3 is 15.2 Å². The Morgan fingerprint density at radius 2 is 2.09 bits per heavy atom. The molecule has 1 aliphatic carbocycles. The zero-order valence-corrected chi connectivity index (χ0v) is 13.8. The molecule has 5 nitrogen and oxygen atoms in total. The Labute approximate surface area is 134 Å². The molecule has 0 heterocycles. The number of nitrogens with one attached hydrogen (secondary N) is 1. The summed E-state index contributed by atoms with van der Waals surface area (Å²) in [7, 11) is 0. The Morgan fingerprint density at radius 1 is 1.43 bits per heavy atom. The third-order valence-corrected chi connectivity index (χ3v) is 4.82. The highest BCUT2D eigenvalue weighted by Gasteiger charge is 2.66. The molecule has 1 aromatic rings. The number of rotatable bonds is 5. The van der Waals surface area contributed by atoms with Gasteiger partial charge in [0, 0.05) is 18.4 Å². The number of hydrogen-bond acceptors (Lipinski definition) is 3. The fourth-order valence-corrected chi connectivity index (χ4v) is 3.11. The summed E-state index contributed by atoms with van der Waals surface area (Å²) in [6.45, 7) is 7.50. The number of carboxylic acids is 1. The molecule has 126 valence electrons. The SMILES string of the molecule is CCO[C@H]1C[C@@](NC(=O)c2cc(C)ccc2F)(C(=O)O)C1(C)C. The molecule has 1 aliphatic rings. The molecule has 1 fully saturated rings. The third kappa shape index (κ3) is 2.72. The van der Waals surface area contributed by atoms with Crippen molar-refractivity contribution >= 4 is 11.9 Å². The smallest absolute Gasteiger partial charge is 0.330 e. The van der Waals surface area contributed by atoms with E-state index in [-0.39, 0.29) is 18.1 Å². The summed E-state index contributed by atoms with van der Waals surface area (Å²) in [6, 6.07) is 4.16. The number of amides is 1. The first-order chi connectivity index (χ1) is 10.7. The van der Waals surface area contributed by atoms with E-state index in [4.69, 9.17) is 4.74 Å². The van der Waals surface area contributed by atoms with Crippen molar-refractivity contribution in [3.05, 3.63) is 35.1 Å². The summed E-state index contributed by atoms with van der Waals surface area (Å²) in [6.07, 6.45) is -0.117. The van der Waals surface area contributed by atoms with E-state index >= 15 is 0 Å². The molecule has 23 heavy (non-hydrogen) atoms. The fourth-order valence-electron chi connectivity index (χ4n) is 3.11. The molecule has 0 spiro atoms. The molecule has 0 radical (unpaired) electrons. The molecule has 1 aromatic carbocycles. The number of hydrogen-bond donors (Lipinski definition) is 2. The first-order valence-electron chi connectivity index (χ1n) is 7.59. The van der Waals surface area contributed by atoms with Crippen molar-refractivity contribution in [3.8, 4) is 0 Å². The topological polar surface area (TPSA) is 75.6 Å². The molecular weight excluding hydrogens is 301 g/mol. The molecule has 0 bridgehead atoms. The highest BCUT2D eigenvalue weighted by atomic mass is 19.1. The van der Waals surface area contributed by atoms with Crippen LogP contribution in [0.3, 0.4) is 0 Å². The molecular formula is C17H22FNO4. The van der Waals surface area contributed by atoms with E-state index < -0.39 is 28.6 Å². The molecule has 6 heteroatoms. The summed E-state index contributed by atoms with van der Waals surface area (Å²) >= 11 is 0. The quantitative estimate of drug-likeness (QED) is 0.873. The van der Waals surface area contributed by atoms with Gasteiger partial charge in [0.25, 0.3) is 5.91 Å². The Morgan fingerprint density at radius 3 is 2.61 bits per heavy atom. The minimum Gasteiger partial charge on any atom is -0.479 e. The Kier molecular flexibility index (Phi) is 4.48. The van der Waals surface area contributed by atoms with Crippen LogP contribution in [-0.2, 0) is 9.53 Å². The Balaban J connectivity index is 2.30. The standard InChI is InChI=1S/C17H22FNO4/c1-5-23-13-9-17(15(21)22,16(13,3)4)19-14(20)11-8-10(2)6-7-12(11)18/h6-8,13H,5,9H2,1-4H3,(H,19,20)(H,21,22)/t13-,17+/m0/s1. The monoisotopic (exact) mass is 323 g/mol. The summed E-state index contributed by atoms with van der Waals surface area (Å²) in [5.41, 5.74) is -1.70. The van der Waals surface area contributed by atoms with Crippen LogP contribution in [0.1, 0.15) is 43.1 Å². The molecule has 1 saturated carbocycles. The van der Waals surface area contributed by atoms with Gasteiger partial charge in [-0.25, -0.2) is 9.18 Å². The van der Waals surface area contributed by atoms with Crippen molar-refractivity contribution in [2.24, 2.45) is 5.41 Å². The van der Waals surface area contributed by atoms with E-state index in [0.29, 0.717) is 6.61 Å². The van der Waals surface area contributed by atoms with Gasteiger partial charge in [-0.3, -0.25) is 4.79 Å². The highest BCUT2D eigenvalue weighted by molar-refractivity contribution is 5.99. The number of aliphatic carboxylic acids is 1. The second kappa shape index (κ2) is 5.92. The van der Waals surface area contributed by atoms with Crippen molar-refractivity contribution in [3.63, 3.8) is 0 Å². The maximum absolute atomic E-state index is 13.9. The van der Waals surface area contributed by atoms with E-state index in [1.165, 1.54) is 12.1 Å². The van der Waals surface area contributed by atoms with Crippen LogP contribution in [0, 0.1) is 18.2 Å². The second-order valence-electron chi connectivity index (χ2n) is 6.52. The summed E-state index contributed by atoms with van der Waals surface area (Å²) in [5, 5.41) is 12.2. The minimum atomic E-state index is -1.47. The van der Waals surface area contributed by atoms with Gasteiger partial charge in [0.1, 0.15) is 11.4 Å². The van der Waals surface area contributed by atoms with Crippen LogP contribution < -0.4 is 5.32 Å². The lowest BCUT2D eigenvalue weighted by Crippen LogP contribution is -2.76. The molecule has 0 saturated heterocycles. The zero-order chi connectivity index (χ0) is 17.4. The van der Waals surface area contributed by atoms with E-state index in [2.05, 4.69) is 5.32 Å². The molecule has 0 aliphatic heterocycles. The van der Waals surface area contributed by atoms with E-state index in [1.807, 2.05) is 6.92 Å². The predicted octanol–water partition coefficient (Wildman–Crippen LogP) is 2.52. The van der Waals surface area contributed by atoms with Gasteiger partial charge >= 0.3 is 5.97 Å². The summed E-state index contributed by atoms with van der Waals surface area (Å²) < 4.78 is 19.4. The van der Waals surface area contributed by atoms with Crippen LogP contribution in [-0.4, -0.2) is 35.2 Å². The van der Waals surface area contributed by atoms with E-state index in [9.17, 15) is 19.1 Å². The number of carbonyl (C=O) groups excluding carboxylic acids is 1. The highest BCUT2D eigenvalue weighted by Crippen LogP contribution is 2.51. The van der Waals surface area contributed by atoms with Crippen LogP contribution in [0.25, 0.3) is 0 Å². The third-order valence-electron chi connectivity index (χ3n) is 4.82. The zero-order valence-electron chi connectivity index (χ0n) is 13.8. The summed E-state index contributed by atoms with van der Waals surface area (Å²) in [4.78, 5) is 24.3. The molecule has 1 amide bonds. The number of ether oxygens (including phenoxy) is 1. The average Bonchev–Trinajstić information content (AvgIpc) is 2.47. The lowest BCUT2D eigenvalue weighted by molar-refractivity contribution is -0.190. The van der Waals surface area contributed by atoms with Gasteiger partial charge in [0.15, 0.2) is 0 Å². The van der Waals surface area contributed by atoms with Crippen LogP contribution in [0.2, 0.25) is 0 Å². The molecule has 2 atom stereocenters. The Hall–Kier alpha value is -1.95. The fraction of sp³-hybridized carbons (Fsp3) is 0.529. The maximum atomic E-state index is 13.9. The van der Waals surface area contributed by atoms with Crippen molar-refractivity contribution in [1.29, 1.82) is 0 Å². The van der Waals surface area contributed by atoms with Gasteiger partial charge in [0.05, 0.1) is 11.7 Å². The van der Waals surface area contributed by atoms with Crippen LogP contribution >= 0.6 is 0 Å². The van der Waals surface area contributed by atoms with Crippen LogP contribution in [0.15, 0.2) is 18.2 Å². The molecule has 2 rings (SSSR count). The van der Waals surface area contributed by atoms with Crippen LogP contribution in [0.4, 0.5) is 4.39 Å². The number of halogens is 1. The van der Waals surface area contributed by atoms with Crippen molar-refractivity contribution in [1.82, 2.24) is 5.32 Å². The largest absolute Gasteiger partial charge is 0.479 e. The number of benzene rings is 1. The van der Waals surface area contributed by atoms with Gasteiger partial charge in [-0.1, -0.05) is 25.5 Å². The van der Waals surface area contributed by atoms with Gasteiger partial charge in [-0.15, -0.1) is 0 Å². The van der Waals surface area contributed by atoms with E-state index in [0.717, 1.165) is 5.56 Å². The lowest BCUT2D eigenvalue weighted by atomic mass is 9.54. The number of aryl methyl sites for hydroxylation is 1. The van der Waals surface area contributed by atoms with Gasteiger partial charge in [0.2, 0.25) is 0 Å². The minimum absolute atomic E-state index is 0.152. The molecule has 0 aromatic heterocycles. The summed E-state index contributed by atoms with van der Waals surface area (Å²) in [5.74, 6) is -2.54. The second-order valence-corrected chi connectivity index (χ2v) is 6.52. The van der Waals surface area contributed by atoms with Crippen molar-refractivity contribution in [2.75, 3.05) is 6.61 Å². The Bertz CT molecular complexity index is 643. The van der Waals surface area contributed by atoms with Crippen molar-refractivity contribution < 1.29 is 23.8 Å². The normalized spacial score (nSPS) is 25.5. The van der Waals surface area contributed by atoms with Gasteiger partial charge in [-0.05, 0) is 26.0 Å². The lowest BCUT2D eigenvalue weighted by Gasteiger charge is -2.58. The maximum Gasteiger partial charge on any atom is 0.330 e.